The quantitative estimate of drug-likeness (QED) is 0.377. The van der Waals surface area contributed by atoms with Crippen molar-refractivity contribution in [1.29, 1.82) is 0 Å². The summed E-state index contributed by atoms with van der Waals surface area (Å²) in [6.45, 7) is 5.21. The van der Waals surface area contributed by atoms with Crippen LogP contribution >= 0.6 is 0 Å². The third-order valence-corrected chi connectivity index (χ3v) is 5.62. The number of aromatic hydroxyl groups is 1. The molecule has 0 saturated carbocycles. The topological polar surface area (TPSA) is 157 Å². The van der Waals surface area contributed by atoms with Crippen molar-refractivity contribution in [3.8, 4) is 17.0 Å². The van der Waals surface area contributed by atoms with Gasteiger partial charge >= 0.3 is 6.09 Å². The number of nitrogens with one attached hydrogen (secondary N) is 2. The molecule has 3 aromatic rings. The Kier molecular flexibility index (Phi) is 7.70. The summed E-state index contributed by atoms with van der Waals surface area (Å²) in [5.41, 5.74) is 6.65. The molecule has 0 aliphatic carbocycles. The Bertz CT molecular complexity index is 1270. The monoisotopic (exact) mass is 497 g/mol. The van der Waals surface area contributed by atoms with Crippen LogP contribution in [0.3, 0.4) is 0 Å². The van der Waals surface area contributed by atoms with Crippen molar-refractivity contribution in [1.82, 2.24) is 15.3 Å². The molecule has 1 atom stereocenters. The van der Waals surface area contributed by atoms with Gasteiger partial charge in [0.05, 0.1) is 17.6 Å². The zero-order valence-electron chi connectivity index (χ0n) is 19.8. The van der Waals surface area contributed by atoms with Crippen molar-refractivity contribution < 1.29 is 23.6 Å². The number of anilines is 2. The van der Waals surface area contributed by atoms with Gasteiger partial charge in [0, 0.05) is 39.6 Å². The van der Waals surface area contributed by atoms with Crippen LogP contribution in [0, 0.1) is 0 Å². The molecule has 0 aliphatic heterocycles. The Hall–Kier alpha value is -3.99. The average Bonchev–Trinajstić information content (AvgIpc) is 2.79. The van der Waals surface area contributed by atoms with Crippen LogP contribution in [0.15, 0.2) is 53.6 Å². The first-order valence-corrected chi connectivity index (χ1v) is 12.2. The first kappa shape index (κ1) is 25.6. The standard InChI is InChI=1S/C24H27N5O5S/c1-24(2,3)34-23(32)27-12-15-6-5-7-17(20(15)30)29-22(31)19-21(25)26-13-18(28-19)14-8-10-16(11-9-14)35(4)33/h5-11,13,30H,12H2,1-4H3,(H2,25,26)(H,27,32)(H,29,31). The molecule has 0 fully saturated rings. The fraction of sp³-hybridized carbons (Fsp3) is 0.250. The summed E-state index contributed by atoms with van der Waals surface area (Å²) >= 11 is 0. The minimum atomic E-state index is -1.12. The van der Waals surface area contributed by atoms with Crippen LogP contribution in [0.2, 0.25) is 0 Å². The van der Waals surface area contributed by atoms with Gasteiger partial charge in [-0.2, -0.15) is 0 Å². The van der Waals surface area contributed by atoms with Gasteiger partial charge in [-0.05, 0) is 39.0 Å². The number of benzene rings is 2. The highest BCUT2D eigenvalue weighted by atomic mass is 32.2. The molecule has 35 heavy (non-hydrogen) atoms. The fourth-order valence-electron chi connectivity index (χ4n) is 3.02. The van der Waals surface area contributed by atoms with Gasteiger partial charge in [0.25, 0.3) is 5.91 Å². The van der Waals surface area contributed by atoms with Gasteiger partial charge in [-0.3, -0.25) is 9.00 Å². The third-order valence-electron chi connectivity index (χ3n) is 4.69. The molecule has 2 amide bonds. The van der Waals surface area contributed by atoms with E-state index in [-0.39, 0.29) is 29.5 Å². The lowest BCUT2D eigenvalue weighted by Gasteiger charge is -2.20. The van der Waals surface area contributed by atoms with Crippen molar-refractivity contribution >= 4 is 34.3 Å². The highest BCUT2D eigenvalue weighted by molar-refractivity contribution is 7.84. The lowest BCUT2D eigenvalue weighted by atomic mass is 10.1. The van der Waals surface area contributed by atoms with E-state index in [1.54, 1.807) is 63.4 Å². The number of carbonyl (C=O) groups is 2. The number of amides is 2. The molecule has 0 radical (unpaired) electrons. The summed E-state index contributed by atoms with van der Waals surface area (Å²) in [7, 11) is -1.12. The highest BCUT2D eigenvalue weighted by Crippen LogP contribution is 2.28. The van der Waals surface area contributed by atoms with E-state index in [9.17, 15) is 18.9 Å². The molecule has 5 N–H and O–H groups in total. The van der Waals surface area contributed by atoms with Crippen LogP contribution in [0.1, 0.15) is 36.8 Å². The average molecular weight is 498 g/mol. The maximum absolute atomic E-state index is 12.9. The van der Waals surface area contributed by atoms with Gasteiger partial charge in [-0.15, -0.1) is 0 Å². The molecule has 184 valence electrons. The van der Waals surface area contributed by atoms with E-state index >= 15 is 0 Å². The minimum Gasteiger partial charge on any atom is -0.505 e. The zero-order valence-corrected chi connectivity index (χ0v) is 20.6. The smallest absolute Gasteiger partial charge is 0.407 e. The molecular weight excluding hydrogens is 470 g/mol. The lowest BCUT2D eigenvalue weighted by molar-refractivity contribution is 0.0523. The number of ether oxygens (including phenoxy) is 1. The fourth-order valence-corrected chi connectivity index (χ4v) is 3.54. The van der Waals surface area contributed by atoms with Gasteiger partial charge in [0.15, 0.2) is 11.5 Å². The van der Waals surface area contributed by atoms with E-state index in [1.165, 1.54) is 12.3 Å². The molecular formula is C24H27N5O5S. The number of aromatic nitrogens is 2. The lowest BCUT2D eigenvalue weighted by Crippen LogP contribution is -2.32. The number of alkyl carbamates (subject to hydrolysis) is 1. The second kappa shape index (κ2) is 10.5. The first-order chi connectivity index (χ1) is 16.4. The van der Waals surface area contributed by atoms with Crippen molar-refractivity contribution in [2.24, 2.45) is 0 Å². The van der Waals surface area contributed by atoms with Crippen LogP contribution in [-0.4, -0.2) is 43.1 Å². The first-order valence-electron chi connectivity index (χ1n) is 10.6. The normalized spacial score (nSPS) is 12.0. The van der Waals surface area contributed by atoms with E-state index in [4.69, 9.17) is 10.5 Å². The zero-order chi connectivity index (χ0) is 25.8. The number of nitrogen functional groups attached to an aromatic ring is 1. The maximum atomic E-state index is 12.9. The molecule has 2 aromatic carbocycles. The Morgan fingerprint density at radius 1 is 1.14 bits per heavy atom. The number of rotatable bonds is 6. The van der Waals surface area contributed by atoms with Crippen molar-refractivity contribution in [2.45, 2.75) is 37.8 Å². The van der Waals surface area contributed by atoms with Crippen molar-refractivity contribution in [3.05, 3.63) is 59.9 Å². The summed E-state index contributed by atoms with van der Waals surface area (Å²) in [6.07, 6.45) is 2.38. The summed E-state index contributed by atoms with van der Waals surface area (Å²) in [5.74, 6) is -0.974. The molecule has 1 aromatic heterocycles. The van der Waals surface area contributed by atoms with Crippen molar-refractivity contribution in [2.75, 3.05) is 17.3 Å². The summed E-state index contributed by atoms with van der Waals surface area (Å²) in [5, 5.41) is 15.7. The summed E-state index contributed by atoms with van der Waals surface area (Å²) in [6, 6.07) is 11.6. The molecule has 0 saturated heterocycles. The number of nitrogens with two attached hydrogens (primary N) is 1. The molecule has 3 rings (SSSR count). The molecule has 1 unspecified atom stereocenters. The molecule has 0 bridgehead atoms. The second-order valence-corrected chi connectivity index (χ2v) is 9.97. The van der Waals surface area contributed by atoms with E-state index < -0.39 is 28.4 Å². The van der Waals surface area contributed by atoms with E-state index in [0.717, 1.165) is 0 Å². The number of para-hydroxylation sites is 1. The Morgan fingerprint density at radius 3 is 2.46 bits per heavy atom. The Labute approximate surface area is 205 Å². The predicted octanol–water partition coefficient (Wildman–Crippen LogP) is 3.45. The van der Waals surface area contributed by atoms with Crippen LogP contribution in [0.25, 0.3) is 11.3 Å². The SMILES string of the molecule is CS(=O)c1ccc(-c2cnc(N)c(C(=O)Nc3cccc(CNC(=O)OC(C)(C)C)c3O)n2)cc1. The third kappa shape index (κ3) is 6.76. The second-order valence-electron chi connectivity index (χ2n) is 8.59. The number of carbonyl (C=O) groups excluding carboxylic acids is 2. The van der Waals surface area contributed by atoms with Gasteiger partial charge in [-0.25, -0.2) is 14.8 Å². The number of phenolic OH excluding ortho intramolecular Hbond substituents is 1. The number of nitrogens with zero attached hydrogens (tertiary/aromatic N) is 2. The van der Waals surface area contributed by atoms with Gasteiger partial charge < -0.3 is 26.2 Å². The van der Waals surface area contributed by atoms with Crippen LogP contribution < -0.4 is 16.4 Å². The van der Waals surface area contributed by atoms with Gasteiger partial charge in [0.2, 0.25) is 0 Å². The molecule has 1 heterocycles. The number of hydrogen-bond donors (Lipinski definition) is 4. The number of phenols is 1. The Morgan fingerprint density at radius 2 is 1.83 bits per heavy atom. The van der Waals surface area contributed by atoms with E-state index in [2.05, 4.69) is 20.6 Å². The van der Waals surface area contributed by atoms with E-state index in [1.807, 2.05) is 0 Å². The van der Waals surface area contributed by atoms with Gasteiger partial charge in [-0.1, -0.05) is 24.3 Å². The molecule has 10 nitrogen and oxygen atoms in total. The molecule has 0 spiro atoms. The van der Waals surface area contributed by atoms with Gasteiger partial charge in [0.1, 0.15) is 11.4 Å². The number of hydrogen-bond acceptors (Lipinski definition) is 8. The molecule has 11 heteroatoms. The maximum Gasteiger partial charge on any atom is 0.407 e. The molecule has 0 aliphatic rings. The predicted molar refractivity (Wildman–Crippen MR) is 133 cm³/mol. The summed E-state index contributed by atoms with van der Waals surface area (Å²) < 4.78 is 16.8. The highest BCUT2D eigenvalue weighted by Gasteiger charge is 2.19. The van der Waals surface area contributed by atoms with Crippen molar-refractivity contribution in [3.63, 3.8) is 0 Å². The Balaban J connectivity index is 1.77. The van der Waals surface area contributed by atoms with Crippen LogP contribution in [0.4, 0.5) is 16.3 Å². The largest absolute Gasteiger partial charge is 0.505 e. The van der Waals surface area contributed by atoms with Crippen LogP contribution in [0.5, 0.6) is 5.75 Å². The summed E-state index contributed by atoms with van der Waals surface area (Å²) in [4.78, 5) is 33.9. The van der Waals surface area contributed by atoms with Crippen LogP contribution in [-0.2, 0) is 22.1 Å². The van der Waals surface area contributed by atoms with E-state index in [0.29, 0.717) is 21.7 Å². The minimum absolute atomic E-state index is 0.0135.